The largest absolute Gasteiger partial charge is 0.348 e. The van der Waals surface area contributed by atoms with E-state index in [1.165, 1.54) is 6.26 Å². The molecule has 3 aliphatic heterocycles. The normalized spacial score (nSPS) is 24.8. The van der Waals surface area contributed by atoms with Crippen LogP contribution < -0.4 is 5.32 Å². The van der Waals surface area contributed by atoms with Crippen molar-refractivity contribution in [1.82, 2.24) is 24.5 Å². The fourth-order valence-electron chi connectivity index (χ4n) is 4.65. The molecule has 0 aliphatic carbocycles. The minimum atomic E-state index is -3.34. The smallest absolute Gasteiger partial charge is 0.227 e. The third kappa shape index (κ3) is 3.85. The van der Waals surface area contributed by atoms with Crippen LogP contribution in [0, 0.1) is 5.92 Å². The Kier molecular flexibility index (Phi) is 6.85. The minimum Gasteiger partial charge on any atom is -0.348 e. The molecule has 4 heterocycles. The molecule has 1 aromatic heterocycles. The van der Waals surface area contributed by atoms with Gasteiger partial charge < -0.3 is 15.2 Å². The number of halogens is 2. The molecule has 1 atom stereocenters. The predicted molar refractivity (Wildman–Crippen MR) is 107 cm³/mol. The zero-order chi connectivity index (χ0) is 17.7. The number of hydrogen-bond donors (Lipinski definition) is 2. The van der Waals surface area contributed by atoms with E-state index < -0.39 is 15.6 Å². The highest BCUT2D eigenvalue weighted by Gasteiger charge is 2.51. The van der Waals surface area contributed by atoms with Crippen LogP contribution in [0.15, 0.2) is 6.33 Å². The highest BCUT2D eigenvalue weighted by molar-refractivity contribution is 7.88. The summed E-state index contributed by atoms with van der Waals surface area (Å²) in [5.74, 6) is 0.260. The first-order valence-corrected chi connectivity index (χ1v) is 10.8. The van der Waals surface area contributed by atoms with Gasteiger partial charge in [0.15, 0.2) is 0 Å². The van der Waals surface area contributed by atoms with Gasteiger partial charge in [-0.25, -0.2) is 13.4 Å². The average molecular weight is 440 g/mol. The third-order valence-corrected chi connectivity index (χ3v) is 7.25. The van der Waals surface area contributed by atoms with Gasteiger partial charge in [0, 0.05) is 38.3 Å². The molecule has 8 nitrogen and oxygen atoms in total. The van der Waals surface area contributed by atoms with Crippen LogP contribution >= 0.6 is 24.8 Å². The second kappa shape index (κ2) is 8.24. The van der Waals surface area contributed by atoms with Crippen LogP contribution in [0.2, 0.25) is 0 Å². The molecule has 0 bridgehead atoms. The molecule has 1 spiro atoms. The van der Waals surface area contributed by atoms with E-state index in [0.29, 0.717) is 38.9 Å². The Balaban J connectivity index is 0.00000131. The first kappa shape index (κ1) is 22.4. The van der Waals surface area contributed by atoms with Gasteiger partial charge >= 0.3 is 0 Å². The maximum Gasteiger partial charge on any atom is 0.227 e. The van der Waals surface area contributed by atoms with Crippen molar-refractivity contribution in [2.45, 2.75) is 31.2 Å². The Bertz CT molecular complexity index is 771. The van der Waals surface area contributed by atoms with Gasteiger partial charge in [0.25, 0.3) is 0 Å². The minimum absolute atomic E-state index is 0. The number of rotatable bonds is 2. The SMILES string of the molecule is CS(=O)(=O)N1CCc2[nH]cnc2C12CCN(C(=O)C1CCNC1)CC2.Cl.Cl. The monoisotopic (exact) mass is 439 g/mol. The van der Waals surface area contributed by atoms with E-state index in [1.54, 1.807) is 10.6 Å². The lowest BCUT2D eigenvalue weighted by Gasteiger charge is -2.49. The number of piperidine rings is 1. The van der Waals surface area contributed by atoms with E-state index in [1.807, 2.05) is 4.90 Å². The van der Waals surface area contributed by atoms with Crippen molar-refractivity contribution in [3.8, 4) is 0 Å². The van der Waals surface area contributed by atoms with Gasteiger partial charge in [0.05, 0.1) is 29.7 Å². The fourth-order valence-corrected chi connectivity index (χ4v) is 5.98. The van der Waals surface area contributed by atoms with E-state index in [4.69, 9.17) is 0 Å². The summed E-state index contributed by atoms with van der Waals surface area (Å²) in [5, 5.41) is 3.24. The van der Waals surface area contributed by atoms with Crippen LogP contribution in [0.1, 0.15) is 30.7 Å². The third-order valence-electron chi connectivity index (χ3n) is 5.91. The van der Waals surface area contributed by atoms with Crippen LogP contribution in [0.3, 0.4) is 0 Å². The van der Waals surface area contributed by atoms with Crippen molar-refractivity contribution >= 4 is 40.7 Å². The Morgan fingerprint density at radius 2 is 1.96 bits per heavy atom. The lowest BCUT2D eigenvalue weighted by molar-refractivity contribution is -0.137. The van der Waals surface area contributed by atoms with Crippen molar-refractivity contribution < 1.29 is 13.2 Å². The van der Waals surface area contributed by atoms with E-state index in [2.05, 4.69) is 15.3 Å². The molecule has 3 aliphatic rings. The Morgan fingerprint density at radius 3 is 2.56 bits per heavy atom. The van der Waals surface area contributed by atoms with Gasteiger partial charge in [-0.3, -0.25) is 4.79 Å². The molecular weight excluding hydrogens is 413 g/mol. The summed E-state index contributed by atoms with van der Waals surface area (Å²) >= 11 is 0. The lowest BCUT2D eigenvalue weighted by atomic mass is 9.80. The molecule has 2 saturated heterocycles. The van der Waals surface area contributed by atoms with Crippen LogP contribution in [-0.4, -0.2) is 72.5 Å². The maximum absolute atomic E-state index is 12.7. The molecule has 1 unspecified atom stereocenters. The van der Waals surface area contributed by atoms with Crippen LogP contribution in [0.4, 0.5) is 0 Å². The number of nitrogens with one attached hydrogen (secondary N) is 2. The number of sulfonamides is 1. The van der Waals surface area contributed by atoms with Crippen molar-refractivity contribution in [3.05, 3.63) is 17.7 Å². The molecule has 0 radical (unpaired) electrons. The lowest BCUT2D eigenvalue weighted by Crippen LogP contribution is -2.59. The summed E-state index contributed by atoms with van der Waals surface area (Å²) < 4.78 is 26.4. The second-order valence-electron chi connectivity index (χ2n) is 7.36. The topological polar surface area (TPSA) is 98.4 Å². The van der Waals surface area contributed by atoms with Gasteiger partial charge in [0.1, 0.15) is 0 Å². The number of fused-ring (bicyclic) bond motifs is 2. The number of likely N-dealkylation sites (tertiary alicyclic amines) is 1. The van der Waals surface area contributed by atoms with E-state index in [9.17, 15) is 13.2 Å². The Hall–Kier alpha value is -0.870. The summed E-state index contributed by atoms with van der Waals surface area (Å²) in [6.45, 7) is 3.27. The summed E-state index contributed by atoms with van der Waals surface area (Å²) in [4.78, 5) is 22.2. The number of carbonyl (C=O) groups excluding carboxylic acids is 1. The highest BCUT2D eigenvalue weighted by Crippen LogP contribution is 2.43. The molecule has 4 rings (SSSR count). The van der Waals surface area contributed by atoms with Crippen molar-refractivity contribution in [2.75, 3.05) is 39.0 Å². The maximum atomic E-state index is 12.7. The molecule has 154 valence electrons. The number of aromatic nitrogens is 2. The number of aromatic amines is 1. The summed E-state index contributed by atoms with van der Waals surface area (Å²) in [6.07, 6.45) is 5.67. The van der Waals surface area contributed by atoms with Crippen LogP contribution in [-0.2, 0) is 26.8 Å². The molecule has 11 heteroatoms. The van der Waals surface area contributed by atoms with Crippen molar-refractivity contribution in [3.63, 3.8) is 0 Å². The van der Waals surface area contributed by atoms with Gasteiger partial charge in [-0.1, -0.05) is 0 Å². The Morgan fingerprint density at radius 1 is 1.26 bits per heavy atom. The van der Waals surface area contributed by atoms with Gasteiger partial charge in [-0.05, 0) is 25.8 Å². The van der Waals surface area contributed by atoms with Gasteiger partial charge in [-0.15, -0.1) is 24.8 Å². The van der Waals surface area contributed by atoms with E-state index >= 15 is 0 Å². The summed E-state index contributed by atoms with van der Waals surface area (Å²) in [7, 11) is -3.34. The van der Waals surface area contributed by atoms with Crippen molar-refractivity contribution in [1.29, 1.82) is 0 Å². The zero-order valence-corrected chi connectivity index (χ0v) is 17.8. The molecule has 2 N–H and O–H groups in total. The number of carbonyl (C=O) groups is 1. The number of hydrogen-bond acceptors (Lipinski definition) is 5. The molecule has 1 amide bonds. The standard InChI is InChI=1S/C16H25N5O3S.2ClH/c1-25(23,24)21-7-3-13-14(19-11-18-13)16(21)4-8-20(9-5-16)15(22)12-2-6-17-10-12;;/h11-12,17H,2-10H2,1H3,(H,18,19);2*1H. The molecule has 0 aromatic carbocycles. The van der Waals surface area contributed by atoms with E-state index in [0.717, 1.165) is 30.9 Å². The first-order chi connectivity index (χ1) is 11.9. The number of nitrogens with zero attached hydrogens (tertiary/aromatic N) is 3. The summed E-state index contributed by atoms with van der Waals surface area (Å²) in [5.41, 5.74) is 1.25. The molecule has 1 aromatic rings. The number of imidazole rings is 1. The molecular formula is C16H27Cl2N5O3S. The first-order valence-electron chi connectivity index (χ1n) is 8.92. The fraction of sp³-hybridized carbons (Fsp3) is 0.750. The average Bonchev–Trinajstić information content (AvgIpc) is 3.26. The zero-order valence-electron chi connectivity index (χ0n) is 15.3. The van der Waals surface area contributed by atoms with Gasteiger partial charge in [0.2, 0.25) is 15.9 Å². The highest BCUT2D eigenvalue weighted by atomic mass is 35.5. The number of H-pyrrole nitrogens is 1. The summed E-state index contributed by atoms with van der Waals surface area (Å²) in [6, 6.07) is 0. The van der Waals surface area contributed by atoms with E-state index in [-0.39, 0.29) is 36.6 Å². The van der Waals surface area contributed by atoms with Gasteiger partial charge in [-0.2, -0.15) is 4.31 Å². The quantitative estimate of drug-likeness (QED) is 0.698. The van der Waals surface area contributed by atoms with Crippen molar-refractivity contribution in [2.24, 2.45) is 5.92 Å². The van der Waals surface area contributed by atoms with Crippen LogP contribution in [0.5, 0.6) is 0 Å². The second-order valence-corrected chi connectivity index (χ2v) is 9.27. The number of amides is 1. The van der Waals surface area contributed by atoms with Crippen LogP contribution in [0.25, 0.3) is 0 Å². The Labute approximate surface area is 172 Å². The molecule has 2 fully saturated rings. The predicted octanol–water partition coefficient (Wildman–Crippen LogP) is 0.498. The molecule has 27 heavy (non-hydrogen) atoms. The molecule has 0 saturated carbocycles.